The molecule has 0 bridgehead atoms. The number of hydrogen-bond donors (Lipinski definition) is 0. The molecule has 0 N–H and O–H groups in total. The summed E-state index contributed by atoms with van der Waals surface area (Å²) in [5, 5.41) is 0. The van der Waals surface area contributed by atoms with Crippen molar-refractivity contribution in [2.45, 2.75) is 48.1 Å². The summed E-state index contributed by atoms with van der Waals surface area (Å²) in [4.78, 5) is 0. The van der Waals surface area contributed by atoms with Crippen LogP contribution in [0.5, 0.6) is 0 Å². The van der Waals surface area contributed by atoms with Gasteiger partial charge in [0, 0.05) is 5.41 Å². The van der Waals surface area contributed by atoms with Crippen molar-refractivity contribution in [3.05, 3.63) is 0 Å². The zero-order chi connectivity index (χ0) is 8.32. The highest BCUT2D eigenvalue weighted by atomic mass is 16.6. The molecule has 13 heavy (non-hydrogen) atoms. The van der Waals surface area contributed by atoms with Crippen LogP contribution in [0, 0.1) is 5.41 Å². The van der Waals surface area contributed by atoms with E-state index in [1.54, 1.807) is 0 Å². The SMILES string of the molecule is C.C.CC1CO1.CCC1(C)COC1. The molecule has 1 unspecified atom stereocenters. The first kappa shape index (κ1) is 15.4. The molecular weight excluding hydrogens is 164 g/mol. The molecule has 1 atom stereocenters. The summed E-state index contributed by atoms with van der Waals surface area (Å²) in [5.74, 6) is 0. The summed E-state index contributed by atoms with van der Waals surface area (Å²) in [6, 6.07) is 0. The molecule has 2 nitrogen and oxygen atoms in total. The first-order valence-corrected chi connectivity index (χ1v) is 4.36. The van der Waals surface area contributed by atoms with Crippen LogP contribution in [0.1, 0.15) is 42.0 Å². The van der Waals surface area contributed by atoms with E-state index in [1.165, 1.54) is 6.42 Å². The lowest BCUT2D eigenvalue weighted by atomic mass is 9.86. The van der Waals surface area contributed by atoms with Crippen LogP contribution in [0.25, 0.3) is 0 Å². The summed E-state index contributed by atoms with van der Waals surface area (Å²) < 4.78 is 9.74. The van der Waals surface area contributed by atoms with Crippen LogP contribution < -0.4 is 0 Å². The van der Waals surface area contributed by atoms with Crippen LogP contribution >= 0.6 is 0 Å². The molecule has 0 aliphatic carbocycles. The minimum atomic E-state index is 0. The van der Waals surface area contributed by atoms with Crippen LogP contribution in [0.4, 0.5) is 0 Å². The van der Waals surface area contributed by atoms with E-state index >= 15 is 0 Å². The zero-order valence-corrected chi connectivity index (χ0v) is 7.72. The molecule has 82 valence electrons. The second-order valence-electron chi connectivity index (χ2n) is 3.80. The molecule has 2 aliphatic heterocycles. The largest absolute Gasteiger partial charge is 0.380 e. The minimum absolute atomic E-state index is 0. The molecule has 2 fully saturated rings. The Bertz CT molecular complexity index is 110. The van der Waals surface area contributed by atoms with Crippen molar-refractivity contribution in [3.8, 4) is 0 Å². The molecule has 0 spiro atoms. The Kier molecular flexibility index (Phi) is 7.56. The third-order valence-electron chi connectivity index (χ3n) is 2.25. The summed E-state index contributed by atoms with van der Waals surface area (Å²) in [6.07, 6.45) is 1.84. The Balaban J connectivity index is 0. The number of epoxide rings is 1. The third kappa shape index (κ3) is 6.05. The van der Waals surface area contributed by atoms with Crippen molar-refractivity contribution in [3.63, 3.8) is 0 Å². The molecule has 0 radical (unpaired) electrons. The fourth-order valence-electron chi connectivity index (χ4n) is 0.751. The molecular formula is C11H26O2. The molecule has 2 rings (SSSR count). The van der Waals surface area contributed by atoms with Gasteiger partial charge in [0.25, 0.3) is 0 Å². The topological polar surface area (TPSA) is 21.8 Å². The third-order valence-corrected chi connectivity index (χ3v) is 2.25. The fourth-order valence-corrected chi connectivity index (χ4v) is 0.751. The van der Waals surface area contributed by atoms with Crippen LogP contribution in [-0.4, -0.2) is 25.9 Å². The predicted octanol–water partition coefficient (Wildman–Crippen LogP) is 3.11. The first-order valence-electron chi connectivity index (χ1n) is 4.36. The summed E-state index contributed by atoms with van der Waals surface area (Å²) in [7, 11) is 0. The van der Waals surface area contributed by atoms with Gasteiger partial charge in [-0.3, -0.25) is 0 Å². The van der Waals surface area contributed by atoms with E-state index in [4.69, 9.17) is 9.47 Å². The summed E-state index contributed by atoms with van der Waals surface area (Å²) >= 11 is 0. The number of rotatable bonds is 1. The van der Waals surface area contributed by atoms with Gasteiger partial charge < -0.3 is 9.47 Å². The maximum Gasteiger partial charge on any atom is 0.0781 e. The molecule has 0 amide bonds. The van der Waals surface area contributed by atoms with Gasteiger partial charge in [-0.2, -0.15) is 0 Å². The smallest absolute Gasteiger partial charge is 0.0781 e. The second kappa shape index (κ2) is 6.39. The van der Waals surface area contributed by atoms with Crippen LogP contribution in [-0.2, 0) is 9.47 Å². The summed E-state index contributed by atoms with van der Waals surface area (Å²) in [5.41, 5.74) is 0.542. The van der Waals surface area contributed by atoms with E-state index in [-0.39, 0.29) is 14.9 Å². The fraction of sp³-hybridized carbons (Fsp3) is 1.00. The van der Waals surface area contributed by atoms with Crippen LogP contribution in [0.2, 0.25) is 0 Å². The van der Waals surface area contributed by atoms with Gasteiger partial charge in [-0.1, -0.05) is 28.7 Å². The maximum atomic E-state index is 5.03. The van der Waals surface area contributed by atoms with Crippen molar-refractivity contribution >= 4 is 0 Å². The monoisotopic (exact) mass is 190 g/mol. The van der Waals surface area contributed by atoms with Gasteiger partial charge in [0.15, 0.2) is 0 Å². The molecule has 2 saturated heterocycles. The second-order valence-corrected chi connectivity index (χ2v) is 3.80. The van der Waals surface area contributed by atoms with Crippen molar-refractivity contribution in [1.29, 1.82) is 0 Å². The number of ether oxygens (including phenoxy) is 2. The highest BCUT2D eigenvalue weighted by Gasteiger charge is 2.30. The predicted molar refractivity (Wildman–Crippen MR) is 58.1 cm³/mol. The van der Waals surface area contributed by atoms with Gasteiger partial charge in [-0.15, -0.1) is 0 Å². The quantitative estimate of drug-likeness (QED) is 0.593. The molecule has 0 saturated carbocycles. The van der Waals surface area contributed by atoms with Crippen molar-refractivity contribution < 1.29 is 9.47 Å². The molecule has 0 aromatic carbocycles. The Morgan fingerprint density at radius 1 is 1.31 bits per heavy atom. The summed E-state index contributed by atoms with van der Waals surface area (Å²) in [6.45, 7) is 9.46. The van der Waals surface area contributed by atoms with Gasteiger partial charge in [-0.25, -0.2) is 0 Å². The van der Waals surface area contributed by atoms with Gasteiger partial charge in [0.05, 0.1) is 25.9 Å². The highest BCUT2D eigenvalue weighted by Crippen LogP contribution is 2.29. The maximum absolute atomic E-state index is 5.03. The average molecular weight is 190 g/mol. The van der Waals surface area contributed by atoms with Crippen LogP contribution in [0.3, 0.4) is 0 Å². The van der Waals surface area contributed by atoms with E-state index in [1.807, 2.05) is 0 Å². The van der Waals surface area contributed by atoms with E-state index in [2.05, 4.69) is 20.8 Å². The van der Waals surface area contributed by atoms with E-state index < -0.39 is 0 Å². The van der Waals surface area contributed by atoms with Crippen molar-refractivity contribution in [2.24, 2.45) is 5.41 Å². The minimum Gasteiger partial charge on any atom is -0.380 e. The lowest BCUT2D eigenvalue weighted by Gasteiger charge is -2.36. The molecule has 2 heteroatoms. The molecule has 2 heterocycles. The van der Waals surface area contributed by atoms with Crippen molar-refractivity contribution in [2.75, 3.05) is 19.8 Å². The highest BCUT2D eigenvalue weighted by molar-refractivity contribution is 4.78. The van der Waals surface area contributed by atoms with Gasteiger partial charge >= 0.3 is 0 Å². The van der Waals surface area contributed by atoms with Gasteiger partial charge in [0.1, 0.15) is 0 Å². The Labute approximate surface area is 83.6 Å². The van der Waals surface area contributed by atoms with Crippen molar-refractivity contribution in [1.82, 2.24) is 0 Å². The molecule has 2 aliphatic rings. The molecule has 0 aromatic rings. The van der Waals surface area contributed by atoms with Gasteiger partial charge in [0.2, 0.25) is 0 Å². The van der Waals surface area contributed by atoms with E-state index in [0.717, 1.165) is 19.8 Å². The lowest BCUT2D eigenvalue weighted by Crippen LogP contribution is -2.38. The first-order chi connectivity index (χ1) is 5.16. The zero-order valence-electron chi connectivity index (χ0n) is 7.72. The standard InChI is InChI=1S/C6H12O.C3H6O.2CH4/c1-3-6(2)4-7-5-6;1-3-2-4-3;;/h3-5H2,1-2H3;3H,2H2,1H3;2*1H4. The average Bonchev–Trinajstić information content (AvgIpc) is 2.68. The van der Waals surface area contributed by atoms with E-state index in [9.17, 15) is 0 Å². The normalized spacial score (nSPS) is 26.5. The Morgan fingerprint density at radius 2 is 1.69 bits per heavy atom. The van der Waals surface area contributed by atoms with E-state index in [0.29, 0.717) is 11.5 Å². The Morgan fingerprint density at radius 3 is 1.69 bits per heavy atom. The Hall–Kier alpha value is -0.0800. The molecule has 0 aromatic heterocycles. The lowest BCUT2D eigenvalue weighted by molar-refractivity contribution is -0.103. The van der Waals surface area contributed by atoms with Gasteiger partial charge in [-0.05, 0) is 13.3 Å². The number of hydrogen-bond acceptors (Lipinski definition) is 2. The van der Waals surface area contributed by atoms with Crippen LogP contribution in [0.15, 0.2) is 0 Å².